The standard InChI is InChI=1S/C15H13N3O3/c19-11-5-4-9-18-10-8-13(17-15(18)21)16-14(20)12-6-2-1-3-7-12/h1-3,5-10,19H,11H2,(H,16,17,20,21). The fourth-order valence-electron chi connectivity index (χ4n) is 1.54. The van der Waals surface area contributed by atoms with Crippen molar-refractivity contribution in [2.45, 2.75) is 0 Å². The van der Waals surface area contributed by atoms with E-state index >= 15 is 0 Å². The zero-order valence-electron chi connectivity index (χ0n) is 11.1. The van der Waals surface area contributed by atoms with Crippen LogP contribution in [0.15, 0.2) is 59.2 Å². The first-order chi connectivity index (χ1) is 10.2. The number of amides is 1. The lowest BCUT2D eigenvalue weighted by Crippen LogP contribution is -2.21. The lowest BCUT2D eigenvalue weighted by atomic mass is 10.2. The van der Waals surface area contributed by atoms with E-state index in [0.717, 1.165) is 0 Å². The van der Waals surface area contributed by atoms with E-state index in [0.29, 0.717) is 5.56 Å². The number of aliphatic hydroxyl groups is 1. The number of nitrogens with one attached hydrogen (secondary N) is 1. The van der Waals surface area contributed by atoms with Crippen molar-refractivity contribution >= 4 is 17.9 Å². The molecule has 1 aromatic carbocycles. The molecule has 1 amide bonds. The van der Waals surface area contributed by atoms with Crippen molar-refractivity contribution < 1.29 is 9.90 Å². The molecule has 0 radical (unpaired) electrons. The topological polar surface area (TPSA) is 84.2 Å². The van der Waals surface area contributed by atoms with Crippen molar-refractivity contribution in [1.82, 2.24) is 9.55 Å². The van der Waals surface area contributed by atoms with Crippen LogP contribution in [0.3, 0.4) is 0 Å². The molecule has 6 heteroatoms. The van der Waals surface area contributed by atoms with Crippen molar-refractivity contribution in [3.63, 3.8) is 0 Å². The van der Waals surface area contributed by atoms with Crippen LogP contribution >= 0.6 is 0 Å². The number of anilines is 1. The molecular formula is C15H13N3O3. The number of benzene rings is 1. The average molecular weight is 283 g/mol. The third kappa shape index (κ3) is 4.01. The summed E-state index contributed by atoms with van der Waals surface area (Å²) in [5.41, 5.74) is 2.54. The Hall–Kier alpha value is -2.95. The van der Waals surface area contributed by atoms with E-state index in [2.05, 4.69) is 16.0 Å². The number of carbonyl (C=O) groups is 1. The second-order valence-corrected chi connectivity index (χ2v) is 4.01. The zero-order chi connectivity index (χ0) is 15.1. The van der Waals surface area contributed by atoms with Crippen LogP contribution in [0.2, 0.25) is 0 Å². The molecule has 0 aliphatic rings. The van der Waals surface area contributed by atoms with E-state index in [1.165, 1.54) is 29.1 Å². The highest BCUT2D eigenvalue weighted by Gasteiger charge is 2.06. The highest BCUT2D eigenvalue weighted by atomic mass is 16.2. The van der Waals surface area contributed by atoms with Crippen LogP contribution in [0, 0.1) is 0 Å². The summed E-state index contributed by atoms with van der Waals surface area (Å²) in [6.45, 7) is -0.163. The van der Waals surface area contributed by atoms with E-state index in [4.69, 9.17) is 5.11 Å². The molecule has 0 unspecified atom stereocenters. The summed E-state index contributed by atoms with van der Waals surface area (Å²) < 4.78 is 1.18. The molecule has 106 valence electrons. The molecule has 0 saturated carbocycles. The Morgan fingerprint density at radius 2 is 2.10 bits per heavy atom. The van der Waals surface area contributed by atoms with Gasteiger partial charge in [0.05, 0.1) is 12.8 Å². The van der Waals surface area contributed by atoms with Crippen LogP contribution in [0.25, 0.3) is 6.20 Å². The first kappa shape index (κ1) is 14.5. The molecule has 2 aromatic rings. The maximum atomic E-state index is 11.9. The summed E-state index contributed by atoms with van der Waals surface area (Å²) in [5, 5.41) is 11.1. The minimum absolute atomic E-state index is 0.163. The molecule has 2 N–H and O–H groups in total. The van der Waals surface area contributed by atoms with Crippen molar-refractivity contribution in [1.29, 1.82) is 0 Å². The van der Waals surface area contributed by atoms with Gasteiger partial charge in [0, 0.05) is 11.8 Å². The number of hydrogen-bond acceptors (Lipinski definition) is 4. The van der Waals surface area contributed by atoms with E-state index < -0.39 is 5.69 Å². The number of aromatic nitrogens is 2. The zero-order valence-corrected chi connectivity index (χ0v) is 11.1. The second kappa shape index (κ2) is 7.00. The molecule has 1 heterocycles. The van der Waals surface area contributed by atoms with E-state index in [9.17, 15) is 9.59 Å². The molecule has 0 spiro atoms. The summed E-state index contributed by atoms with van der Waals surface area (Å²) in [7, 11) is 0. The van der Waals surface area contributed by atoms with Crippen molar-refractivity contribution in [3.8, 4) is 0 Å². The number of aliphatic hydroxyl groups excluding tert-OH is 1. The van der Waals surface area contributed by atoms with Gasteiger partial charge in [0.15, 0.2) is 0 Å². The number of carbonyl (C=O) groups excluding carboxylic acids is 1. The molecule has 21 heavy (non-hydrogen) atoms. The smallest absolute Gasteiger partial charge is 0.354 e. The lowest BCUT2D eigenvalue weighted by molar-refractivity contribution is 0.102. The average Bonchev–Trinajstić information content (AvgIpc) is 2.50. The molecule has 0 bridgehead atoms. The highest BCUT2D eigenvalue weighted by Crippen LogP contribution is 2.04. The minimum atomic E-state index is -0.556. The third-order valence-electron chi connectivity index (χ3n) is 2.53. The SMILES string of the molecule is O=C(Nc1ccn(C=C=CCO)c(=O)n1)c1ccccc1. The maximum Gasteiger partial charge on any atom is 0.354 e. The quantitative estimate of drug-likeness (QED) is 0.823. The summed E-state index contributed by atoms with van der Waals surface area (Å²) in [4.78, 5) is 27.4. The van der Waals surface area contributed by atoms with Gasteiger partial charge in [0.1, 0.15) is 5.82 Å². The molecule has 1 aromatic heterocycles. The fraction of sp³-hybridized carbons (Fsp3) is 0.0667. The molecule has 0 aliphatic carbocycles. The Bertz CT molecular complexity index is 744. The van der Waals surface area contributed by atoms with Crippen LogP contribution in [0.5, 0.6) is 0 Å². The molecule has 0 aliphatic heterocycles. The Morgan fingerprint density at radius 3 is 2.76 bits per heavy atom. The predicted molar refractivity (Wildman–Crippen MR) is 78.8 cm³/mol. The van der Waals surface area contributed by atoms with Gasteiger partial charge in [-0.3, -0.25) is 9.36 Å². The van der Waals surface area contributed by atoms with Crippen LogP contribution in [-0.2, 0) is 0 Å². The van der Waals surface area contributed by atoms with E-state index in [1.807, 2.05) is 6.07 Å². The van der Waals surface area contributed by atoms with Crippen LogP contribution in [0.4, 0.5) is 5.82 Å². The minimum Gasteiger partial charge on any atom is -0.392 e. The Morgan fingerprint density at radius 1 is 1.33 bits per heavy atom. The van der Waals surface area contributed by atoms with Crippen molar-refractivity contribution in [3.05, 3.63) is 70.5 Å². The Balaban J connectivity index is 2.16. The maximum absolute atomic E-state index is 11.9. The van der Waals surface area contributed by atoms with Gasteiger partial charge in [0.25, 0.3) is 5.91 Å². The normalized spacial score (nSPS) is 9.57. The van der Waals surface area contributed by atoms with Gasteiger partial charge >= 0.3 is 5.69 Å². The highest BCUT2D eigenvalue weighted by molar-refractivity contribution is 6.03. The molecule has 0 atom stereocenters. The first-order valence-corrected chi connectivity index (χ1v) is 6.18. The number of nitrogens with zero attached hydrogens (tertiary/aromatic N) is 2. The molecule has 0 fully saturated rings. The van der Waals surface area contributed by atoms with Crippen LogP contribution < -0.4 is 11.0 Å². The van der Waals surface area contributed by atoms with Gasteiger partial charge in [-0.15, -0.1) is 5.73 Å². The van der Waals surface area contributed by atoms with Gasteiger partial charge in [-0.2, -0.15) is 4.98 Å². The van der Waals surface area contributed by atoms with E-state index in [1.54, 1.807) is 24.3 Å². The van der Waals surface area contributed by atoms with Gasteiger partial charge in [-0.05, 0) is 24.3 Å². The Labute approximate surface area is 120 Å². The first-order valence-electron chi connectivity index (χ1n) is 6.18. The number of hydrogen-bond donors (Lipinski definition) is 2. The predicted octanol–water partition coefficient (Wildman–Crippen LogP) is 1.11. The summed E-state index contributed by atoms with van der Waals surface area (Å²) in [5.74, 6) is -0.166. The van der Waals surface area contributed by atoms with Crippen LogP contribution in [0.1, 0.15) is 10.4 Å². The lowest BCUT2D eigenvalue weighted by Gasteiger charge is -2.04. The number of rotatable bonds is 4. The van der Waals surface area contributed by atoms with Crippen LogP contribution in [-0.4, -0.2) is 27.2 Å². The molecular weight excluding hydrogens is 270 g/mol. The summed E-state index contributed by atoms with van der Waals surface area (Å²) in [6, 6.07) is 10.1. The molecule has 6 nitrogen and oxygen atoms in total. The second-order valence-electron chi connectivity index (χ2n) is 4.01. The van der Waals surface area contributed by atoms with Crippen molar-refractivity contribution in [2.75, 3.05) is 11.9 Å². The van der Waals surface area contributed by atoms with Crippen molar-refractivity contribution in [2.24, 2.45) is 0 Å². The molecule has 2 rings (SSSR count). The largest absolute Gasteiger partial charge is 0.392 e. The van der Waals surface area contributed by atoms with Gasteiger partial charge < -0.3 is 10.4 Å². The monoisotopic (exact) mass is 283 g/mol. The summed E-state index contributed by atoms with van der Waals surface area (Å²) >= 11 is 0. The van der Waals surface area contributed by atoms with Gasteiger partial charge in [0.2, 0.25) is 0 Å². The summed E-state index contributed by atoms with van der Waals surface area (Å²) in [6.07, 6.45) is 4.15. The van der Waals surface area contributed by atoms with E-state index in [-0.39, 0.29) is 18.3 Å². The van der Waals surface area contributed by atoms with Gasteiger partial charge in [-0.1, -0.05) is 18.2 Å². The fourth-order valence-corrected chi connectivity index (χ4v) is 1.54. The Kier molecular flexibility index (Phi) is 4.82. The van der Waals surface area contributed by atoms with Gasteiger partial charge in [-0.25, -0.2) is 4.79 Å². The molecule has 0 saturated heterocycles. The third-order valence-corrected chi connectivity index (χ3v) is 2.53.